The Hall–Kier alpha value is -2.44. The Morgan fingerprint density at radius 3 is 1.48 bits per heavy atom. The molecule has 0 amide bonds. The highest BCUT2D eigenvalue weighted by atomic mass is 16.5. The van der Waals surface area contributed by atoms with Gasteiger partial charge in [0.2, 0.25) is 0 Å². The molecule has 0 aliphatic carbocycles. The number of rotatable bonds is 8. The molecule has 0 fully saturated rings. The zero-order valence-electron chi connectivity index (χ0n) is 18.7. The molecule has 0 spiro atoms. The van der Waals surface area contributed by atoms with Crippen molar-refractivity contribution >= 4 is 21.8 Å². The Balaban J connectivity index is 2.12. The fourth-order valence-electron chi connectivity index (χ4n) is 3.33. The van der Waals surface area contributed by atoms with E-state index in [0.717, 1.165) is 63.3 Å². The van der Waals surface area contributed by atoms with E-state index in [1.54, 1.807) is 0 Å². The maximum absolute atomic E-state index is 6.14. The lowest BCUT2D eigenvalue weighted by molar-refractivity contribution is 0.263. The quantitative estimate of drug-likeness (QED) is 0.543. The summed E-state index contributed by atoms with van der Waals surface area (Å²) in [6.07, 6.45) is 0. The number of nitrogens with zero attached hydrogens (tertiary/aromatic N) is 4. The van der Waals surface area contributed by atoms with Crippen LogP contribution in [0.3, 0.4) is 0 Å². The van der Waals surface area contributed by atoms with E-state index in [2.05, 4.69) is 22.8 Å². The molecule has 6 nitrogen and oxygen atoms in total. The van der Waals surface area contributed by atoms with Gasteiger partial charge in [0.1, 0.15) is 24.7 Å². The van der Waals surface area contributed by atoms with Crippen molar-refractivity contribution in [2.24, 2.45) is 0 Å². The topological polar surface area (TPSA) is 50.7 Å². The third-order valence-corrected chi connectivity index (χ3v) is 4.89. The number of pyridine rings is 2. The van der Waals surface area contributed by atoms with Gasteiger partial charge in [-0.15, -0.1) is 0 Å². The normalized spacial score (nSPS) is 11.8. The number of aryl methyl sites for hydroxylation is 3. The number of benzene rings is 1. The lowest BCUT2D eigenvalue weighted by Gasteiger charge is -2.17. The lowest BCUT2D eigenvalue weighted by atomic mass is 10.0. The molecule has 0 radical (unpaired) electrons. The summed E-state index contributed by atoms with van der Waals surface area (Å²) in [7, 11) is 8.18. The second-order valence-electron chi connectivity index (χ2n) is 8.12. The first-order valence-electron chi connectivity index (χ1n) is 10.0. The molecule has 0 N–H and O–H groups in total. The molecule has 3 aromatic rings. The first-order valence-corrected chi connectivity index (χ1v) is 10.0. The van der Waals surface area contributed by atoms with Crippen molar-refractivity contribution in [1.29, 1.82) is 0 Å². The fourth-order valence-corrected chi connectivity index (χ4v) is 3.33. The molecule has 0 atom stereocenters. The minimum absolute atomic E-state index is 0.626. The van der Waals surface area contributed by atoms with Gasteiger partial charge in [0.05, 0.1) is 11.0 Å². The van der Waals surface area contributed by atoms with Gasteiger partial charge in [-0.3, -0.25) is 9.97 Å². The minimum Gasteiger partial charge on any atom is -0.491 e. The number of hydrogen-bond acceptors (Lipinski definition) is 6. The van der Waals surface area contributed by atoms with Gasteiger partial charge >= 0.3 is 0 Å². The SMILES string of the molecule is Cc1cc(OCCN(C)C)c2cc3c(OCCN(C)C)cc(C)nc3c(C)c2n1. The molecule has 0 aliphatic heterocycles. The maximum atomic E-state index is 6.14. The molecule has 156 valence electrons. The number of likely N-dealkylation sites (N-methyl/N-ethyl adjacent to an activating group) is 2. The van der Waals surface area contributed by atoms with E-state index in [9.17, 15) is 0 Å². The van der Waals surface area contributed by atoms with Crippen LogP contribution in [0, 0.1) is 20.8 Å². The molecular weight excluding hydrogens is 364 g/mol. The predicted molar refractivity (Wildman–Crippen MR) is 119 cm³/mol. The maximum Gasteiger partial charge on any atom is 0.130 e. The van der Waals surface area contributed by atoms with Crippen LogP contribution < -0.4 is 9.47 Å². The van der Waals surface area contributed by atoms with Crippen LogP contribution in [-0.4, -0.2) is 74.3 Å². The molecule has 3 rings (SSSR count). The van der Waals surface area contributed by atoms with E-state index in [4.69, 9.17) is 19.4 Å². The molecule has 0 unspecified atom stereocenters. The van der Waals surface area contributed by atoms with Crippen molar-refractivity contribution < 1.29 is 9.47 Å². The van der Waals surface area contributed by atoms with Crippen LogP contribution in [0.4, 0.5) is 0 Å². The summed E-state index contributed by atoms with van der Waals surface area (Å²) in [5, 5.41) is 2.00. The summed E-state index contributed by atoms with van der Waals surface area (Å²) in [5.74, 6) is 1.72. The third kappa shape index (κ3) is 4.95. The van der Waals surface area contributed by atoms with Crippen molar-refractivity contribution in [2.75, 3.05) is 54.5 Å². The first kappa shape index (κ1) is 21.3. The van der Waals surface area contributed by atoms with Gasteiger partial charge < -0.3 is 19.3 Å². The predicted octanol–water partition coefficient (Wildman–Crippen LogP) is 3.59. The van der Waals surface area contributed by atoms with Gasteiger partial charge in [-0.2, -0.15) is 0 Å². The van der Waals surface area contributed by atoms with Gasteiger partial charge in [-0.25, -0.2) is 0 Å². The van der Waals surface area contributed by atoms with Crippen LogP contribution in [0.25, 0.3) is 21.8 Å². The monoisotopic (exact) mass is 396 g/mol. The summed E-state index contributed by atoms with van der Waals surface area (Å²) < 4.78 is 12.3. The standard InChI is InChI=1S/C23H32N4O2/c1-15-12-20(28-10-8-26(4)5)18-14-19-21(29-11-9-27(6)7)13-16(2)25-23(19)17(3)22(18)24-15/h12-14H,8-11H2,1-7H3. The molecule has 0 saturated carbocycles. The first-order chi connectivity index (χ1) is 13.8. The van der Waals surface area contributed by atoms with Crippen LogP contribution in [0.5, 0.6) is 11.5 Å². The molecule has 0 saturated heterocycles. The van der Waals surface area contributed by atoms with Crippen molar-refractivity contribution in [1.82, 2.24) is 19.8 Å². The summed E-state index contributed by atoms with van der Waals surface area (Å²) in [4.78, 5) is 13.8. The van der Waals surface area contributed by atoms with E-state index in [-0.39, 0.29) is 0 Å². The van der Waals surface area contributed by atoms with E-state index in [0.29, 0.717) is 13.2 Å². The van der Waals surface area contributed by atoms with Gasteiger partial charge in [-0.05, 0) is 55.0 Å². The van der Waals surface area contributed by atoms with Crippen molar-refractivity contribution in [3.05, 3.63) is 35.2 Å². The van der Waals surface area contributed by atoms with E-state index in [1.165, 1.54) is 0 Å². The summed E-state index contributed by atoms with van der Waals surface area (Å²) >= 11 is 0. The van der Waals surface area contributed by atoms with Gasteiger partial charge in [0.25, 0.3) is 0 Å². The summed E-state index contributed by atoms with van der Waals surface area (Å²) in [6, 6.07) is 6.14. The second-order valence-corrected chi connectivity index (χ2v) is 8.12. The molecule has 0 bridgehead atoms. The van der Waals surface area contributed by atoms with Crippen molar-refractivity contribution in [3.8, 4) is 11.5 Å². The Bertz CT molecular complexity index is 937. The van der Waals surface area contributed by atoms with E-state index < -0.39 is 0 Å². The molecule has 0 aliphatic rings. The molecule has 2 aromatic heterocycles. The molecule has 6 heteroatoms. The zero-order chi connectivity index (χ0) is 21.1. The summed E-state index contributed by atoms with van der Waals surface area (Å²) in [5.41, 5.74) is 4.81. The average molecular weight is 397 g/mol. The number of hydrogen-bond donors (Lipinski definition) is 0. The van der Waals surface area contributed by atoms with Crippen LogP contribution in [0.15, 0.2) is 18.2 Å². The highest BCUT2D eigenvalue weighted by Crippen LogP contribution is 2.36. The summed E-state index contributed by atoms with van der Waals surface area (Å²) in [6.45, 7) is 9.05. The molecule has 29 heavy (non-hydrogen) atoms. The number of aromatic nitrogens is 2. The average Bonchev–Trinajstić information content (AvgIpc) is 2.62. The molecule has 2 heterocycles. The van der Waals surface area contributed by atoms with Crippen LogP contribution in [-0.2, 0) is 0 Å². The highest BCUT2D eigenvalue weighted by molar-refractivity contribution is 6.03. The highest BCUT2D eigenvalue weighted by Gasteiger charge is 2.15. The fraction of sp³-hybridized carbons (Fsp3) is 0.478. The van der Waals surface area contributed by atoms with E-state index >= 15 is 0 Å². The Labute approximate surface area is 173 Å². The Kier molecular flexibility index (Phi) is 6.55. The zero-order valence-corrected chi connectivity index (χ0v) is 18.7. The van der Waals surface area contributed by atoms with Crippen LogP contribution >= 0.6 is 0 Å². The van der Waals surface area contributed by atoms with E-state index in [1.807, 2.05) is 54.2 Å². The van der Waals surface area contributed by atoms with Crippen LogP contribution in [0.2, 0.25) is 0 Å². The van der Waals surface area contributed by atoms with Crippen molar-refractivity contribution in [2.45, 2.75) is 20.8 Å². The molecule has 1 aromatic carbocycles. The van der Waals surface area contributed by atoms with Gasteiger partial charge in [-0.1, -0.05) is 0 Å². The Morgan fingerprint density at radius 1 is 0.690 bits per heavy atom. The number of ether oxygens (including phenoxy) is 2. The van der Waals surface area contributed by atoms with Gasteiger partial charge in [0.15, 0.2) is 0 Å². The number of fused-ring (bicyclic) bond motifs is 2. The lowest BCUT2D eigenvalue weighted by Crippen LogP contribution is -2.19. The van der Waals surface area contributed by atoms with Crippen molar-refractivity contribution in [3.63, 3.8) is 0 Å². The largest absolute Gasteiger partial charge is 0.491 e. The minimum atomic E-state index is 0.626. The van der Waals surface area contributed by atoms with Gasteiger partial charge in [0, 0.05) is 52.9 Å². The third-order valence-electron chi connectivity index (χ3n) is 4.89. The second kappa shape index (κ2) is 8.93. The Morgan fingerprint density at radius 2 is 1.10 bits per heavy atom. The molecular formula is C23H32N4O2. The van der Waals surface area contributed by atoms with Crippen LogP contribution in [0.1, 0.15) is 17.0 Å². The smallest absolute Gasteiger partial charge is 0.130 e.